The maximum atomic E-state index is 13.2. The van der Waals surface area contributed by atoms with Gasteiger partial charge in [0, 0.05) is 25.3 Å². The summed E-state index contributed by atoms with van der Waals surface area (Å²) in [7, 11) is -3.52. The van der Waals surface area contributed by atoms with Crippen molar-refractivity contribution in [2.24, 2.45) is 0 Å². The Balaban J connectivity index is 1.92. The molecule has 1 heterocycles. The number of hydrogen-bond acceptors (Lipinski definition) is 4. The van der Waals surface area contributed by atoms with Crippen LogP contribution in [0.3, 0.4) is 0 Å². The minimum Gasteiger partial charge on any atom is -0.490 e. The fourth-order valence-corrected chi connectivity index (χ4v) is 5.12. The second-order valence-corrected chi connectivity index (χ2v) is 9.19. The largest absolute Gasteiger partial charge is 0.490 e. The molecule has 6 nitrogen and oxygen atoms in total. The van der Waals surface area contributed by atoms with Crippen molar-refractivity contribution < 1.29 is 17.9 Å². The maximum absolute atomic E-state index is 13.2. The van der Waals surface area contributed by atoms with Gasteiger partial charge < -0.3 is 9.64 Å². The van der Waals surface area contributed by atoms with Gasteiger partial charge >= 0.3 is 0 Å². The van der Waals surface area contributed by atoms with E-state index in [0.29, 0.717) is 37.4 Å². The molecule has 2 aromatic carbocycles. The molecule has 29 heavy (non-hydrogen) atoms. The monoisotopic (exact) mass is 416 g/mol. The summed E-state index contributed by atoms with van der Waals surface area (Å²) in [6.07, 6.45) is 0.582. The quantitative estimate of drug-likeness (QED) is 0.690. The molecule has 0 aromatic heterocycles. The molecule has 0 bridgehead atoms. The van der Waals surface area contributed by atoms with E-state index in [9.17, 15) is 13.2 Å². The van der Waals surface area contributed by atoms with E-state index in [-0.39, 0.29) is 16.9 Å². The van der Waals surface area contributed by atoms with Gasteiger partial charge in [-0.2, -0.15) is 4.31 Å². The SMILES string of the molecule is CCN(CC)S(=O)(=O)c1ccc2c(c1)CCN2C(=O)c1ccccc1OC(C)C. The second-order valence-electron chi connectivity index (χ2n) is 7.25. The van der Waals surface area contributed by atoms with Crippen LogP contribution < -0.4 is 9.64 Å². The molecule has 1 aliphatic rings. The number of carbonyl (C=O) groups is 1. The number of ether oxygens (including phenoxy) is 1. The number of nitrogens with zero attached hydrogens (tertiary/aromatic N) is 2. The van der Waals surface area contributed by atoms with Crippen LogP contribution in [-0.2, 0) is 16.4 Å². The van der Waals surface area contributed by atoms with Gasteiger partial charge in [0.25, 0.3) is 5.91 Å². The van der Waals surface area contributed by atoms with Crippen molar-refractivity contribution in [2.75, 3.05) is 24.5 Å². The van der Waals surface area contributed by atoms with Crippen LogP contribution in [0.2, 0.25) is 0 Å². The fourth-order valence-electron chi connectivity index (χ4n) is 3.61. The predicted molar refractivity (Wildman–Crippen MR) is 114 cm³/mol. The van der Waals surface area contributed by atoms with Gasteiger partial charge in [-0.1, -0.05) is 26.0 Å². The number of para-hydroxylation sites is 1. The standard InChI is InChI=1S/C22H28N2O4S/c1-5-23(6-2)29(26,27)18-11-12-20-17(15-18)13-14-24(20)22(25)19-9-7-8-10-21(19)28-16(3)4/h7-12,15-16H,5-6,13-14H2,1-4H3. The second kappa shape index (κ2) is 8.55. The van der Waals surface area contributed by atoms with Crippen molar-refractivity contribution >= 4 is 21.6 Å². The molecule has 156 valence electrons. The lowest BCUT2D eigenvalue weighted by Crippen LogP contribution is -2.31. The highest BCUT2D eigenvalue weighted by atomic mass is 32.2. The third kappa shape index (κ3) is 4.16. The smallest absolute Gasteiger partial charge is 0.262 e. The molecule has 0 spiro atoms. The highest BCUT2D eigenvalue weighted by molar-refractivity contribution is 7.89. The number of benzene rings is 2. The average Bonchev–Trinajstić information content (AvgIpc) is 3.11. The van der Waals surface area contributed by atoms with Crippen molar-refractivity contribution in [3.05, 3.63) is 53.6 Å². The zero-order valence-corrected chi connectivity index (χ0v) is 18.2. The molecule has 0 fully saturated rings. The first kappa shape index (κ1) is 21.3. The van der Waals surface area contributed by atoms with E-state index >= 15 is 0 Å². The third-order valence-electron chi connectivity index (χ3n) is 5.01. The molecule has 2 aromatic rings. The molecule has 0 unspecified atom stereocenters. The van der Waals surface area contributed by atoms with Crippen molar-refractivity contribution in [1.82, 2.24) is 4.31 Å². The number of anilines is 1. The van der Waals surface area contributed by atoms with Gasteiger partial charge in [-0.25, -0.2) is 8.42 Å². The van der Waals surface area contributed by atoms with Gasteiger partial charge in [0.05, 0.1) is 16.6 Å². The summed E-state index contributed by atoms with van der Waals surface area (Å²) < 4.78 is 32.8. The fraction of sp³-hybridized carbons (Fsp3) is 0.409. The molecular formula is C22H28N2O4S. The van der Waals surface area contributed by atoms with Crippen molar-refractivity contribution in [3.63, 3.8) is 0 Å². The summed E-state index contributed by atoms with van der Waals surface area (Å²) >= 11 is 0. The molecule has 0 aliphatic carbocycles. The van der Waals surface area contributed by atoms with Crippen molar-refractivity contribution in [1.29, 1.82) is 0 Å². The van der Waals surface area contributed by atoms with Gasteiger partial charge in [0.15, 0.2) is 0 Å². The first-order valence-electron chi connectivity index (χ1n) is 10.00. The van der Waals surface area contributed by atoms with E-state index in [4.69, 9.17) is 4.74 Å². The summed E-state index contributed by atoms with van der Waals surface area (Å²) in [6.45, 7) is 8.85. The number of fused-ring (bicyclic) bond motifs is 1. The lowest BCUT2D eigenvalue weighted by atomic mass is 10.1. The van der Waals surface area contributed by atoms with E-state index in [0.717, 1.165) is 11.3 Å². The van der Waals surface area contributed by atoms with E-state index in [1.54, 1.807) is 35.2 Å². The number of carbonyl (C=O) groups excluding carboxylic acids is 1. The zero-order chi connectivity index (χ0) is 21.2. The van der Waals surface area contributed by atoms with Crippen LogP contribution in [0.4, 0.5) is 5.69 Å². The Morgan fingerprint density at radius 1 is 1.14 bits per heavy atom. The van der Waals surface area contributed by atoms with Crippen LogP contribution in [0.15, 0.2) is 47.4 Å². The van der Waals surface area contributed by atoms with Gasteiger partial charge in [-0.15, -0.1) is 0 Å². The van der Waals surface area contributed by atoms with Crippen LogP contribution >= 0.6 is 0 Å². The maximum Gasteiger partial charge on any atom is 0.262 e. The molecular weight excluding hydrogens is 388 g/mol. The lowest BCUT2D eigenvalue weighted by molar-refractivity contribution is 0.0983. The zero-order valence-electron chi connectivity index (χ0n) is 17.4. The van der Waals surface area contributed by atoms with Crippen LogP contribution in [0.1, 0.15) is 43.6 Å². The Kier molecular flexibility index (Phi) is 6.29. The normalized spacial score (nSPS) is 13.8. The van der Waals surface area contributed by atoms with Gasteiger partial charge in [-0.3, -0.25) is 4.79 Å². The topological polar surface area (TPSA) is 66.9 Å². The van der Waals surface area contributed by atoms with E-state index < -0.39 is 10.0 Å². The minimum absolute atomic E-state index is 0.0392. The molecule has 0 radical (unpaired) electrons. The number of hydrogen-bond donors (Lipinski definition) is 0. The molecule has 0 saturated carbocycles. The Labute approximate surface area is 173 Å². The van der Waals surface area contributed by atoms with E-state index in [2.05, 4.69) is 0 Å². The number of rotatable bonds is 7. The summed E-state index contributed by atoms with van der Waals surface area (Å²) in [5, 5.41) is 0. The molecule has 0 N–H and O–H groups in total. The highest BCUT2D eigenvalue weighted by Gasteiger charge is 2.30. The van der Waals surface area contributed by atoms with Crippen molar-refractivity contribution in [3.8, 4) is 5.75 Å². The lowest BCUT2D eigenvalue weighted by Gasteiger charge is -2.21. The van der Waals surface area contributed by atoms with Crippen LogP contribution in [0, 0.1) is 0 Å². The van der Waals surface area contributed by atoms with Crippen LogP contribution in [-0.4, -0.2) is 44.4 Å². The third-order valence-corrected chi connectivity index (χ3v) is 7.06. The Morgan fingerprint density at radius 2 is 1.83 bits per heavy atom. The van der Waals surface area contributed by atoms with Gasteiger partial charge in [0.1, 0.15) is 5.75 Å². The summed E-state index contributed by atoms with van der Waals surface area (Å²) in [6, 6.07) is 12.2. The number of sulfonamides is 1. The first-order valence-corrected chi connectivity index (χ1v) is 11.4. The Bertz CT molecular complexity index is 998. The number of amides is 1. The molecule has 3 rings (SSSR count). The predicted octanol–water partition coefficient (Wildman–Crippen LogP) is 3.71. The van der Waals surface area contributed by atoms with Crippen LogP contribution in [0.5, 0.6) is 5.75 Å². The minimum atomic E-state index is -3.52. The molecule has 1 aliphatic heterocycles. The highest BCUT2D eigenvalue weighted by Crippen LogP contribution is 2.33. The Hall–Kier alpha value is -2.38. The average molecular weight is 417 g/mol. The van der Waals surface area contributed by atoms with E-state index in [1.165, 1.54) is 4.31 Å². The molecule has 0 saturated heterocycles. The Morgan fingerprint density at radius 3 is 2.48 bits per heavy atom. The van der Waals surface area contributed by atoms with Gasteiger partial charge in [0.2, 0.25) is 10.0 Å². The van der Waals surface area contributed by atoms with Gasteiger partial charge in [-0.05, 0) is 56.2 Å². The molecule has 1 amide bonds. The summed E-state index contributed by atoms with van der Waals surface area (Å²) in [5.41, 5.74) is 2.13. The molecule has 0 atom stereocenters. The first-order chi connectivity index (χ1) is 13.8. The van der Waals surface area contributed by atoms with E-state index in [1.807, 2.05) is 39.8 Å². The summed E-state index contributed by atoms with van der Waals surface area (Å²) in [4.78, 5) is 15.2. The molecule has 7 heteroatoms. The van der Waals surface area contributed by atoms with Crippen molar-refractivity contribution in [2.45, 2.75) is 45.1 Å². The van der Waals surface area contributed by atoms with Crippen LogP contribution in [0.25, 0.3) is 0 Å². The summed E-state index contributed by atoms with van der Waals surface area (Å²) in [5.74, 6) is 0.418.